The number of carbonyl (C=O) groups is 1. The lowest BCUT2D eigenvalue weighted by Crippen LogP contribution is -2.20. The highest BCUT2D eigenvalue weighted by Crippen LogP contribution is 2.10. The Labute approximate surface area is 88.7 Å². The molecule has 0 bridgehead atoms. The summed E-state index contributed by atoms with van der Waals surface area (Å²) in [5, 5.41) is 0.202. The lowest BCUT2D eigenvalue weighted by atomic mass is 10.2. The molecule has 2 unspecified atom stereocenters. The van der Waals surface area contributed by atoms with Gasteiger partial charge in [0.05, 0.1) is 7.11 Å². The number of hydrogen-bond acceptors (Lipinski definition) is 3. The van der Waals surface area contributed by atoms with Crippen molar-refractivity contribution in [3.05, 3.63) is 0 Å². The van der Waals surface area contributed by atoms with Crippen LogP contribution in [0.15, 0.2) is 0 Å². The van der Waals surface area contributed by atoms with E-state index in [1.807, 2.05) is 6.92 Å². The van der Waals surface area contributed by atoms with Crippen LogP contribution in [0.1, 0.15) is 33.6 Å². The van der Waals surface area contributed by atoms with Gasteiger partial charge in [-0.3, -0.25) is 9.00 Å². The molecule has 0 radical (unpaired) electrons. The fraction of sp³-hybridized carbons (Fsp3) is 0.900. The van der Waals surface area contributed by atoms with E-state index in [0.717, 1.165) is 0 Å². The third kappa shape index (κ3) is 5.37. The monoisotopic (exact) mass is 220 g/mol. The molecule has 0 aromatic carbocycles. The van der Waals surface area contributed by atoms with Crippen LogP contribution in [0.2, 0.25) is 0 Å². The van der Waals surface area contributed by atoms with Crippen LogP contribution in [0.25, 0.3) is 0 Å². The maximum atomic E-state index is 11.6. The second-order valence-electron chi connectivity index (χ2n) is 3.71. The van der Waals surface area contributed by atoms with Crippen LogP contribution in [-0.2, 0) is 20.3 Å². The van der Waals surface area contributed by atoms with E-state index in [1.54, 1.807) is 0 Å². The second-order valence-corrected chi connectivity index (χ2v) is 5.63. The molecular weight excluding hydrogens is 200 g/mol. The zero-order valence-corrected chi connectivity index (χ0v) is 10.2. The molecule has 84 valence electrons. The van der Waals surface area contributed by atoms with Crippen molar-refractivity contribution in [2.24, 2.45) is 5.92 Å². The Morgan fingerprint density at radius 2 is 1.93 bits per heavy atom. The molecule has 0 aromatic heterocycles. The van der Waals surface area contributed by atoms with Crippen molar-refractivity contribution in [3.63, 3.8) is 0 Å². The summed E-state index contributed by atoms with van der Waals surface area (Å²) in [5.74, 6) is 0.794. The summed E-state index contributed by atoms with van der Waals surface area (Å²) in [7, 11) is 0.550. The zero-order chi connectivity index (χ0) is 11.1. The van der Waals surface area contributed by atoms with Gasteiger partial charge >= 0.3 is 5.97 Å². The van der Waals surface area contributed by atoms with Crippen molar-refractivity contribution in [3.8, 4) is 0 Å². The molecule has 0 aliphatic heterocycles. The van der Waals surface area contributed by atoms with Gasteiger partial charge in [0.2, 0.25) is 0 Å². The Hall–Kier alpha value is -0.380. The van der Waals surface area contributed by atoms with Gasteiger partial charge in [-0.2, -0.15) is 0 Å². The molecule has 0 aromatic rings. The minimum atomic E-state index is -0.821. The van der Waals surface area contributed by atoms with Crippen molar-refractivity contribution in [1.82, 2.24) is 0 Å². The quantitative estimate of drug-likeness (QED) is 0.640. The fourth-order valence-electron chi connectivity index (χ4n) is 0.950. The van der Waals surface area contributed by atoms with Gasteiger partial charge in [-0.25, -0.2) is 0 Å². The van der Waals surface area contributed by atoms with Gasteiger partial charge in [0.15, 0.2) is 0 Å². The van der Waals surface area contributed by atoms with Crippen LogP contribution in [-0.4, -0.2) is 28.3 Å². The number of carbonyl (C=O) groups excluding carboxylic acids is 1. The molecule has 0 aliphatic rings. The molecular formula is C10H20O3S. The molecule has 0 aliphatic carbocycles. The second kappa shape index (κ2) is 6.98. The van der Waals surface area contributed by atoms with E-state index in [1.165, 1.54) is 7.11 Å². The summed E-state index contributed by atoms with van der Waals surface area (Å²) in [4.78, 5) is 10.8. The van der Waals surface area contributed by atoms with Gasteiger partial charge < -0.3 is 4.74 Å². The maximum absolute atomic E-state index is 11.6. The van der Waals surface area contributed by atoms with E-state index in [4.69, 9.17) is 0 Å². The molecule has 0 heterocycles. The summed E-state index contributed by atoms with van der Waals surface area (Å²) in [6.07, 6.45) is 1.02. The molecule has 0 fully saturated rings. The van der Waals surface area contributed by atoms with Gasteiger partial charge in [0.1, 0.15) is 0 Å². The molecule has 0 amide bonds. The van der Waals surface area contributed by atoms with E-state index in [0.29, 0.717) is 24.5 Å². The third-order valence-electron chi connectivity index (χ3n) is 2.31. The molecule has 2 atom stereocenters. The van der Waals surface area contributed by atoms with Gasteiger partial charge in [0.25, 0.3) is 0 Å². The highest BCUT2D eigenvalue weighted by atomic mass is 32.2. The number of hydrogen-bond donors (Lipinski definition) is 0. The van der Waals surface area contributed by atoms with Crippen molar-refractivity contribution < 1.29 is 13.7 Å². The molecule has 0 saturated heterocycles. The van der Waals surface area contributed by atoms with E-state index in [-0.39, 0.29) is 11.2 Å². The van der Waals surface area contributed by atoms with E-state index >= 15 is 0 Å². The molecule has 0 spiro atoms. The number of esters is 1. The summed E-state index contributed by atoms with van der Waals surface area (Å²) in [6, 6.07) is 0. The topological polar surface area (TPSA) is 43.4 Å². The summed E-state index contributed by atoms with van der Waals surface area (Å²) in [5.41, 5.74) is 0. The Morgan fingerprint density at radius 3 is 2.36 bits per heavy atom. The van der Waals surface area contributed by atoms with Crippen molar-refractivity contribution in [1.29, 1.82) is 0 Å². The molecule has 14 heavy (non-hydrogen) atoms. The Kier molecular flexibility index (Phi) is 6.79. The van der Waals surface area contributed by atoms with Gasteiger partial charge in [-0.15, -0.1) is 0 Å². The lowest BCUT2D eigenvalue weighted by Gasteiger charge is -2.14. The zero-order valence-electron chi connectivity index (χ0n) is 9.41. The molecule has 4 heteroatoms. The van der Waals surface area contributed by atoms with Crippen LogP contribution < -0.4 is 0 Å². The molecule has 0 saturated carbocycles. The average molecular weight is 220 g/mol. The molecule has 0 N–H and O–H groups in total. The number of ether oxygens (including phenoxy) is 1. The normalized spacial score (nSPS) is 15.2. The van der Waals surface area contributed by atoms with Gasteiger partial charge in [0, 0.05) is 28.2 Å². The lowest BCUT2D eigenvalue weighted by molar-refractivity contribution is -0.140. The predicted octanol–water partition coefficient (Wildman–Crippen LogP) is 1.73. The molecule has 3 nitrogen and oxygen atoms in total. The van der Waals surface area contributed by atoms with Crippen LogP contribution in [0.3, 0.4) is 0 Å². The summed E-state index contributed by atoms with van der Waals surface area (Å²) in [6.45, 7) is 6.10. The first-order valence-corrected chi connectivity index (χ1v) is 6.31. The van der Waals surface area contributed by atoms with Crippen molar-refractivity contribution in [2.75, 3.05) is 12.9 Å². The predicted molar refractivity (Wildman–Crippen MR) is 58.6 cm³/mol. The minimum Gasteiger partial charge on any atom is -0.469 e. The van der Waals surface area contributed by atoms with E-state index in [9.17, 15) is 9.00 Å². The SMILES string of the molecule is COC(=O)CCCS(=O)C(C)C(C)C. The largest absolute Gasteiger partial charge is 0.469 e. The smallest absolute Gasteiger partial charge is 0.305 e. The highest BCUT2D eigenvalue weighted by molar-refractivity contribution is 7.85. The maximum Gasteiger partial charge on any atom is 0.305 e. The average Bonchev–Trinajstić information content (AvgIpc) is 2.15. The van der Waals surface area contributed by atoms with E-state index < -0.39 is 10.8 Å². The minimum absolute atomic E-state index is 0.202. The van der Waals surface area contributed by atoms with Crippen molar-refractivity contribution in [2.45, 2.75) is 38.9 Å². The van der Waals surface area contributed by atoms with Crippen LogP contribution in [0.4, 0.5) is 0 Å². The van der Waals surface area contributed by atoms with Gasteiger partial charge in [-0.1, -0.05) is 20.8 Å². The standard InChI is InChI=1S/C10H20O3S/c1-8(2)9(3)14(12)7-5-6-10(11)13-4/h8-9H,5-7H2,1-4H3. The highest BCUT2D eigenvalue weighted by Gasteiger charge is 2.14. The summed E-state index contributed by atoms with van der Waals surface area (Å²) >= 11 is 0. The first-order valence-electron chi connectivity index (χ1n) is 4.93. The number of rotatable bonds is 6. The van der Waals surface area contributed by atoms with Gasteiger partial charge in [-0.05, 0) is 12.3 Å². The van der Waals surface area contributed by atoms with Crippen LogP contribution >= 0.6 is 0 Å². The molecule has 0 rings (SSSR count). The van der Waals surface area contributed by atoms with E-state index in [2.05, 4.69) is 18.6 Å². The fourth-order valence-corrected chi connectivity index (χ4v) is 2.36. The first kappa shape index (κ1) is 13.6. The first-order chi connectivity index (χ1) is 6.49. The van der Waals surface area contributed by atoms with Crippen LogP contribution in [0.5, 0.6) is 0 Å². The third-order valence-corrected chi connectivity index (χ3v) is 4.37. The Morgan fingerprint density at radius 1 is 1.36 bits per heavy atom. The van der Waals surface area contributed by atoms with Crippen LogP contribution in [0, 0.1) is 5.92 Å². The Balaban J connectivity index is 3.69. The van der Waals surface area contributed by atoms with Crippen molar-refractivity contribution >= 4 is 16.8 Å². The summed E-state index contributed by atoms with van der Waals surface area (Å²) < 4.78 is 16.1. The Bertz CT molecular complexity index is 202. The number of methoxy groups -OCH3 is 1.